The van der Waals surface area contributed by atoms with E-state index >= 15 is 0 Å². The maximum atomic E-state index is 12.6. The Labute approximate surface area is 165 Å². The van der Waals surface area contributed by atoms with Crippen LogP contribution in [0.15, 0.2) is 33.9 Å². The largest absolute Gasteiger partial charge is 0.451 e. The first-order chi connectivity index (χ1) is 13.4. The number of furan rings is 1. The highest BCUT2D eigenvalue weighted by Gasteiger charge is 2.57. The summed E-state index contributed by atoms with van der Waals surface area (Å²) in [4.78, 5) is 23.4. The van der Waals surface area contributed by atoms with Crippen molar-refractivity contribution in [2.24, 2.45) is 33.4 Å². The van der Waals surface area contributed by atoms with Gasteiger partial charge in [0.2, 0.25) is 5.91 Å². The van der Waals surface area contributed by atoms with Crippen LogP contribution in [0.5, 0.6) is 0 Å². The highest BCUT2D eigenvalue weighted by Crippen LogP contribution is 2.60. The normalized spacial score (nSPS) is 27.9. The third-order valence-electron chi connectivity index (χ3n) is 7.30. The van der Waals surface area contributed by atoms with Gasteiger partial charge >= 0.3 is 0 Å². The number of aromatic nitrogens is 1. The predicted octanol–water partition coefficient (Wildman–Crippen LogP) is 3.21. The number of amidine groups is 1. The molecule has 6 nitrogen and oxygen atoms in total. The van der Waals surface area contributed by atoms with Crippen molar-refractivity contribution in [1.82, 2.24) is 9.88 Å². The minimum Gasteiger partial charge on any atom is -0.451 e. The average molecular weight is 380 g/mol. The van der Waals surface area contributed by atoms with Crippen molar-refractivity contribution in [2.75, 3.05) is 19.6 Å². The minimum absolute atomic E-state index is 0.216. The molecule has 1 spiro atoms. The van der Waals surface area contributed by atoms with Gasteiger partial charge in [0.1, 0.15) is 0 Å². The number of hydrogen-bond donors (Lipinski definition) is 1. The summed E-state index contributed by atoms with van der Waals surface area (Å²) in [5.41, 5.74) is 7.48. The monoisotopic (exact) mass is 380 g/mol. The molecular weight excluding hydrogens is 352 g/mol. The number of fused-ring (bicyclic) bond motifs is 1. The molecule has 2 aliphatic carbocycles. The molecule has 1 aliphatic heterocycles. The Morgan fingerprint density at radius 3 is 2.79 bits per heavy atom. The maximum absolute atomic E-state index is 12.6. The summed E-state index contributed by atoms with van der Waals surface area (Å²) in [6.07, 6.45) is 7.88. The van der Waals surface area contributed by atoms with Crippen molar-refractivity contribution in [2.45, 2.75) is 39.5 Å². The minimum atomic E-state index is 0.216. The van der Waals surface area contributed by atoms with Gasteiger partial charge in [0.25, 0.3) is 0 Å². The van der Waals surface area contributed by atoms with Crippen LogP contribution < -0.4 is 5.73 Å². The molecule has 0 aromatic carbocycles. The summed E-state index contributed by atoms with van der Waals surface area (Å²) in [5.74, 6) is 2.28. The van der Waals surface area contributed by atoms with E-state index < -0.39 is 0 Å². The number of carbonyl (C=O) groups excluding carboxylic acids is 1. The van der Waals surface area contributed by atoms with Crippen LogP contribution in [0, 0.1) is 22.7 Å². The highest BCUT2D eigenvalue weighted by molar-refractivity contribution is 5.98. The molecule has 3 aliphatic rings. The standard InChI is InChI=1S/C22H28N4O2/c1-21(2)11-16(21)20(27)26-7-4-22(5-8-26)10-15(22)12-25-19(23)17-9-14-3-6-24-13-18(14)28-17/h3,6,9,13,15-16H,4-5,7-8,10-12H2,1-2H3,(H2,23,25). The van der Waals surface area contributed by atoms with Crippen LogP contribution in [0.2, 0.25) is 0 Å². The van der Waals surface area contributed by atoms with Gasteiger partial charge in [-0.1, -0.05) is 13.8 Å². The van der Waals surface area contributed by atoms with Gasteiger partial charge in [-0.15, -0.1) is 0 Å². The molecule has 2 aromatic rings. The van der Waals surface area contributed by atoms with E-state index in [9.17, 15) is 4.79 Å². The van der Waals surface area contributed by atoms with Gasteiger partial charge in [-0.25, -0.2) is 0 Å². The fourth-order valence-electron chi connectivity index (χ4n) is 4.88. The lowest BCUT2D eigenvalue weighted by Gasteiger charge is -2.33. The van der Waals surface area contributed by atoms with Crippen LogP contribution in [0.3, 0.4) is 0 Å². The van der Waals surface area contributed by atoms with E-state index in [0.29, 0.717) is 28.8 Å². The molecule has 1 saturated heterocycles. The van der Waals surface area contributed by atoms with Gasteiger partial charge < -0.3 is 15.1 Å². The molecule has 148 valence electrons. The van der Waals surface area contributed by atoms with Crippen molar-refractivity contribution >= 4 is 22.7 Å². The average Bonchev–Trinajstić information content (AvgIpc) is 3.47. The molecule has 2 aromatic heterocycles. The first-order valence-electron chi connectivity index (χ1n) is 10.3. The van der Waals surface area contributed by atoms with Gasteiger partial charge in [-0.2, -0.15) is 0 Å². The molecule has 2 atom stereocenters. The van der Waals surface area contributed by atoms with E-state index in [-0.39, 0.29) is 11.3 Å². The Kier molecular flexibility index (Phi) is 3.83. The van der Waals surface area contributed by atoms with Crippen LogP contribution in [-0.2, 0) is 4.79 Å². The van der Waals surface area contributed by atoms with Crippen molar-refractivity contribution in [3.63, 3.8) is 0 Å². The SMILES string of the molecule is CC1(C)CC1C(=O)N1CCC2(CC1)CC2CN=C(N)c1cc2ccncc2o1. The lowest BCUT2D eigenvalue weighted by atomic mass is 9.90. The third kappa shape index (κ3) is 2.99. The highest BCUT2D eigenvalue weighted by atomic mass is 16.3. The number of nitrogens with zero attached hydrogens (tertiary/aromatic N) is 3. The zero-order valence-corrected chi connectivity index (χ0v) is 16.6. The van der Waals surface area contributed by atoms with E-state index in [2.05, 4.69) is 28.7 Å². The Balaban J connectivity index is 1.17. The Hall–Kier alpha value is -2.37. The van der Waals surface area contributed by atoms with Crippen LogP contribution in [0.4, 0.5) is 0 Å². The Morgan fingerprint density at radius 2 is 2.11 bits per heavy atom. The number of aliphatic imine (C=N–C) groups is 1. The third-order valence-corrected chi connectivity index (χ3v) is 7.30. The summed E-state index contributed by atoms with van der Waals surface area (Å²) in [7, 11) is 0. The summed E-state index contributed by atoms with van der Waals surface area (Å²) in [6.45, 7) is 6.93. The molecule has 3 heterocycles. The first-order valence-corrected chi connectivity index (χ1v) is 10.3. The number of piperidine rings is 1. The number of amides is 1. The number of rotatable bonds is 4. The summed E-state index contributed by atoms with van der Waals surface area (Å²) in [5, 5.41) is 0.988. The summed E-state index contributed by atoms with van der Waals surface area (Å²) in [6, 6.07) is 3.82. The molecule has 5 rings (SSSR count). The smallest absolute Gasteiger partial charge is 0.226 e. The first kappa shape index (κ1) is 17.7. The Bertz CT molecular complexity index is 919. The van der Waals surface area contributed by atoms with Crippen molar-refractivity contribution < 1.29 is 9.21 Å². The van der Waals surface area contributed by atoms with Crippen LogP contribution in [0.25, 0.3) is 11.0 Å². The number of carbonyl (C=O) groups is 1. The van der Waals surface area contributed by atoms with Crippen LogP contribution >= 0.6 is 0 Å². The van der Waals surface area contributed by atoms with Crippen molar-refractivity contribution in [3.05, 3.63) is 30.3 Å². The second-order valence-electron chi connectivity index (χ2n) is 9.58. The van der Waals surface area contributed by atoms with Crippen molar-refractivity contribution in [3.8, 4) is 0 Å². The number of likely N-dealkylation sites (tertiary alicyclic amines) is 1. The summed E-state index contributed by atoms with van der Waals surface area (Å²) >= 11 is 0. The van der Waals surface area contributed by atoms with E-state index in [4.69, 9.17) is 10.2 Å². The lowest BCUT2D eigenvalue weighted by molar-refractivity contribution is -0.135. The summed E-state index contributed by atoms with van der Waals surface area (Å²) < 4.78 is 5.74. The fraction of sp³-hybridized carbons (Fsp3) is 0.591. The van der Waals surface area contributed by atoms with Gasteiger partial charge in [-0.05, 0) is 54.6 Å². The molecule has 0 radical (unpaired) electrons. The zero-order chi connectivity index (χ0) is 19.5. The second-order valence-corrected chi connectivity index (χ2v) is 9.58. The van der Waals surface area contributed by atoms with Crippen LogP contribution in [0.1, 0.15) is 45.3 Å². The second kappa shape index (κ2) is 6.06. The fourth-order valence-corrected chi connectivity index (χ4v) is 4.88. The molecule has 6 heteroatoms. The number of hydrogen-bond acceptors (Lipinski definition) is 4. The predicted molar refractivity (Wildman–Crippen MR) is 108 cm³/mol. The van der Waals surface area contributed by atoms with Gasteiger partial charge in [0, 0.05) is 37.1 Å². The number of pyridine rings is 1. The Morgan fingerprint density at radius 1 is 1.36 bits per heavy atom. The molecule has 3 fully saturated rings. The zero-order valence-electron chi connectivity index (χ0n) is 16.6. The van der Waals surface area contributed by atoms with E-state index in [1.54, 1.807) is 12.4 Å². The van der Waals surface area contributed by atoms with E-state index in [0.717, 1.165) is 49.9 Å². The number of nitrogens with two attached hydrogens (primary N) is 1. The van der Waals surface area contributed by atoms with Gasteiger partial charge in [0.05, 0.1) is 6.20 Å². The molecule has 0 bridgehead atoms. The van der Waals surface area contributed by atoms with E-state index in [1.807, 2.05) is 12.1 Å². The molecule has 28 heavy (non-hydrogen) atoms. The molecule has 2 unspecified atom stereocenters. The van der Waals surface area contributed by atoms with E-state index in [1.165, 1.54) is 6.42 Å². The maximum Gasteiger partial charge on any atom is 0.226 e. The molecule has 2 N–H and O–H groups in total. The lowest BCUT2D eigenvalue weighted by Crippen LogP contribution is -2.41. The topological polar surface area (TPSA) is 84.7 Å². The molecular formula is C22H28N4O2. The quantitative estimate of drug-likeness (QED) is 0.652. The van der Waals surface area contributed by atoms with Crippen molar-refractivity contribution in [1.29, 1.82) is 0 Å². The van der Waals surface area contributed by atoms with Crippen LogP contribution in [-0.4, -0.2) is 41.3 Å². The molecule has 2 saturated carbocycles. The van der Waals surface area contributed by atoms with Gasteiger partial charge in [0.15, 0.2) is 17.2 Å². The van der Waals surface area contributed by atoms with Gasteiger partial charge in [-0.3, -0.25) is 14.8 Å². The molecule has 1 amide bonds.